The molecule has 2 fully saturated rings. The molecule has 0 bridgehead atoms. The zero-order valence-electron chi connectivity index (χ0n) is 9.36. The molecule has 0 radical (unpaired) electrons. The van der Waals surface area contributed by atoms with Crippen LogP contribution in [0.5, 0.6) is 0 Å². The lowest BCUT2D eigenvalue weighted by molar-refractivity contribution is -0.315. The van der Waals surface area contributed by atoms with Gasteiger partial charge in [0, 0.05) is 12.0 Å². The maximum Gasteiger partial charge on any atom is 0.333 e. The maximum atomic E-state index is 11.2. The van der Waals surface area contributed by atoms with E-state index in [-0.39, 0.29) is 12.7 Å². The van der Waals surface area contributed by atoms with E-state index in [9.17, 15) is 4.79 Å². The maximum absolute atomic E-state index is 11.2. The number of ether oxygens (including phenoxy) is 4. The van der Waals surface area contributed by atoms with Crippen LogP contribution in [0.25, 0.3) is 0 Å². The van der Waals surface area contributed by atoms with Crippen molar-refractivity contribution >= 4 is 5.97 Å². The van der Waals surface area contributed by atoms with E-state index in [0.717, 1.165) is 12.8 Å². The van der Waals surface area contributed by atoms with E-state index in [0.29, 0.717) is 18.8 Å². The lowest BCUT2D eigenvalue weighted by Gasteiger charge is -2.20. The summed E-state index contributed by atoms with van der Waals surface area (Å²) in [5.41, 5.74) is 0.380. The molecule has 2 rings (SSSR count). The molecule has 2 atom stereocenters. The number of rotatable bonds is 3. The van der Waals surface area contributed by atoms with Crippen LogP contribution in [0.3, 0.4) is 0 Å². The second kappa shape index (κ2) is 4.53. The average Bonchev–Trinajstić information content (AvgIpc) is 2.86. The van der Waals surface area contributed by atoms with Crippen LogP contribution < -0.4 is 0 Å². The molecule has 2 saturated heterocycles. The highest BCUT2D eigenvalue weighted by Gasteiger charge is 2.45. The molecular formula is C11H16O5. The van der Waals surface area contributed by atoms with E-state index in [4.69, 9.17) is 18.9 Å². The van der Waals surface area contributed by atoms with E-state index in [1.807, 2.05) is 0 Å². The van der Waals surface area contributed by atoms with Gasteiger partial charge in [0.15, 0.2) is 0 Å². The van der Waals surface area contributed by atoms with Crippen molar-refractivity contribution in [2.75, 3.05) is 19.8 Å². The monoisotopic (exact) mass is 228 g/mol. The molecule has 16 heavy (non-hydrogen) atoms. The SMILES string of the molecule is C=C(C)C(=O)OCC1COC2(CCCO2)O1. The van der Waals surface area contributed by atoms with Gasteiger partial charge in [-0.05, 0) is 13.3 Å². The number of hydrogen-bond donors (Lipinski definition) is 0. The second-order valence-electron chi connectivity index (χ2n) is 4.06. The zero-order valence-corrected chi connectivity index (χ0v) is 9.36. The molecular weight excluding hydrogens is 212 g/mol. The van der Waals surface area contributed by atoms with Crippen molar-refractivity contribution in [2.24, 2.45) is 0 Å². The molecule has 2 heterocycles. The van der Waals surface area contributed by atoms with Crippen molar-refractivity contribution in [3.63, 3.8) is 0 Å². The van der Waals surface area contributed by atoms with Crippen molar-refractivity contribution in [3.8, 4) is 0 Å². The Morgan fingerprint density at radius 1 is 1.56 bits per heavy atom. The predicted octanol–water partition coefficient (Wildman–Crippen LogP) is 0.985. The Bertz CT molecular complexity index is 293. The molecule has 0 aromatic carbocycles. The molecule has 5 nitrogen and oxygen atoms in total. The van der Waals surface area contributed by atoms with Gasteiger partial charge in [0.05, 0.1) is 13.2 Å². The third kappa shape index (κ3) is 2.42. The van der Waals surface area contributed by atoms with Crippen LogP contribution in [0.4, 0.5) is 0 Å². The van der Waals surface area contributed by atoms with E-state index < -0.39 is 11.9 Å². The highest BCUT2D eigenvalue weighted by atomic mass is 16.9. The van der Waals surface area contributed by atoms with Gasteiger partial charge in [0.25, 0.3) is 5.97 Å². The molecule has 2 aliphatic rings. The lowest BCUT2D eigenvalue weighted by Crippen LogP contribution is -2.30. The number of carbonyl (C=O) groups is 1. The molecule has 0 saturated carbocycles. The van der Waals surface area contributed by atoms with Gasteiger partial charge in [-0.2, -0.15) is 0 Å². The van der Waals surface area contributed by atoms with Crippen LogP contribution in [0.2, 0.25) is 0 Å². The lowest BCUT2D eigenvalue weighted by atomic mass is 10.3. The highest BCUT2D eigenvalue weighted by Crippen LogP contribution is 2.34. The summed E-state index contributed by atoms with van der Waals surface area (Å²) in [4.78, 5) is 11.2. The third-order valence-corrected chi connectivity index (χ3v) is 2.53. The van der Waals surface area contributed by atoms with Crippen LogP contribution in [0.1, 0.15) is 19.8 Å². The van der Waals surface area contributed by atoms with Crippen LogP contribution in [-0.4, -0.2) is 37.9 Å². The molecule has 2 aliphatic heterocycles. The minimum atomic E-state index is -0.875. The summed E-state index contributed by atoms with van der Waals surface area (Å²) in [5.74, 6) is -1.28. The Morgan fingerprint density at radius 2 is 2.38 bits per heavy atom. The highest BCUT2D eigenvalue weighted by molar-refractivity contribution is 5.86. The quantitative estimate of drug-likeness (QED) is 0.532. The molecule has 0 amide bonds. The van der Waals surface area contributed by atoms with Gasteiger partial charge < -0.3 is 18.9 Å². The fraction of sp³-hybridized carbons (Fsp3) is 0.727. The summed E-state index contributed by atoms with van der Waals surface area (Å²) in [6.45, 7) is 6.33. The summed E-state index contributed by atoms with van der Waals surface area (Å²) in [5, 5.41) is 0. The Labute approximate surface area is 94.3 Å². The Morgan fingerprint density at radius 3 is 3.00 bits per heavy atom. The minimum absolute atomic E-state index is 0.177. The molecule has 90 valence electrons. The van der Waals surface area contributed by atoms with Gasteiger partial charge in [-0.25, -0.2) is 4.79 Å². The van der Waals surface area contributed by atoms with Crippen molar-refractivity contribution in [3.05, 3.63) is 12.2 Å². The van der Waals surface area contributed by atoms with Crippen molar-refractivity contribution in [1.82, 2.24) is 0 Å². The summed E-state index contributed by atoms with van der Waals surface area (Å²) in [6.07, 6.45) is 1.41. The van der Waals surface area contributed by atoms with Gasteiger partial charge in [0.1, 0.15) is 12.7 Å². The van der Waals surface area contributed by atoms with Gasteiger partial charge in [-0.3, -0.25) is 0 Å². The van der Waals surface area contributed by atoms with Crippen molar-refractivity contribution in [1.29, 1.82) is 0 Å². The molecule has 2 unspecified atom stereocenters. The molecule has 5 heteroatoms. The first kappa shape index (κ1) is 11.6. The molecule has 1 spiro atoms. The summed E-state index contributed by atoms with van der Waals surface area (Å²) >= 11 is 0. The topological polar surface area (TPSA) is 54.0 Å². The molecule has 0 aromatic rings. The predicted molar refractivity (Wildman–Crippen MR) is 54.5 cm³/mol. The van der Waals surface area contributed by atoms with Crippen LogP contribution in [0.15, 0.2) is 12.2 Å². The third-order valence-electron chi connectivity index (χ3n) is 2.53. The van der Waals surface area contributed by atoms with E-state index in [2.05, 4.69) is 6.58 Å². The van der Waals surface area contributed by atoms with Gasteiger partial charge in [-0.1, -0.05) is 6.58 Å². The number of hydrogen-bond acceptors (Lipinski definition) is 5. The smallest absolute Gasteiger partial charge is 0.333 e. The van der Waals surface area contributed by atoms with Crippen LogP contribution >= 0.6 is 0 Å². The van der Waals surface area contributed by atoms with Gasteiger partial charge >= 0.3 is 5.97 Å². The van der Waals surface area contributed by atoms with E-state index >= 15 is 0 Å². The van der Waals surface area contributed by atoms with Crippen molar-refractivity contribution in [2.45, 2.75) is 31.8 Å². The summed E-state index contributed by atoms with van der Waals surface area (Å²) in [6, 6.07) is 0. The van der Waals surface area contributed by atoms with Crippen LogP contribution in [-0.2, 0) is 23.7 Å². The summed E-state index contributed by atoms with van der Waals surface area (Å²) in [7, 11) is 0. The average molecular weight is 228 g/mol. The van der Waals surface area contributed by atoms with Crippen LogP contribution in [0, 0.1) is 0 Å². The Kier molecular flexibility index (Phi) is 3.28. The van der Waals surface area contributed by atoms with Crippen molar-refractivity contribution < 1.29 is 23.7 Å². The van der Waals surface area contributed by atoms with Gasteiger partial charge in [-0.15, -0.1) is 0 Å². The largest absolute Gasteiger partial charge is 0.459 e. The normalized spacial score (nSPS) is 33.2. The minimum Gasteiger partial charge on any atom is -0.459 e. The van der Waals surface area contributed by atoms with Gasteiger partial charge in [0.2, 0.25) is 0 Å². The fourth-order valence-corrected chi connectivity index (χ4v) is 1.71. The Hall–Kier alpha value is -0.910. The second-order valence-corrected chi connectivity index (χ2v) is 4.06. The molecule has 0 aliphatic carbocycles. The number of carbonyl (C=O) groups excluding carboxylic acids is 1. The number of esters is 1. The first-order chi connectivity index (χ1) is 7.61. The Balaban J connectivity index is 1.77. The van der Waals surface area contributed by atoms with E-state index in [1.54, 1.807) is 6.92 Å². The molecule has 0 aromatic heterocycles. The zero-order chi connectivity index (χ0) is 11.6. The fourth-order valence-electron chi connectivity index (χ4n) is 1.71. The first-order valence-corrected chi connectivity index (χ1v) is 5.40. The summed E-state index contributed by atoms with van der Waals surface area (Å²) < 4.78 is 21.4. The van der Waals surface area contributed by atoms with E-state index in [1.165, 1.54) is 0 Å². The first-order valence-electron chi connectivity index (χ1n) is 5.40. The molecule has 0 N–H and O–H groups in total. The standard InChI is InChI=1S/C11H16O5/c1-8(2)10(12)13-6-9-7-15-11(16-9)4-3-5-14-11/h9H,1,3-7H2,2H3.